The fourth-order valence-corrected chi connectivity index (χ4v) is 7.79. The molecule has 49 heavy (non-hydrogen) atoms. The second-order valence-electron chi connectivity index (χ2n) is 13.9. The molecule has 3 N–H and O–H groups in total. The minimum Gasteiger partial charge on any atom is -0.494 e. The van der Waals surface area contributed by atoms with E-state index in [1.165, 1.54) is 6.07 Å². The summed E-state index contributed by atoms with van der Waals surface area (Å²) >= 11 is 0. The van der Waals surface area contributed by atoms with Gasteiger partial charge in [-0.05, 0) is 93.3 Å². The normalized spacial score (nSPS) is 21.0. The minimum atomic E-state index is -0.922. The van der Waals surface area contributed by atoms with Gasteiger partial charge in [-0.3, -0.25) is 9.59 Å². The van der Waals surface area contributed by atoms with Gasteiger partial charge >= 0.3 is 0 Å². The zero-order valence-corrected chi connectivity index (χ0v) is 27.7. The Balaban J connectivity index is 1.16. The number of ether oxygens (including phenoxy) is 1. The van der Waals surface area contributed by atoms with Crippen LogP contribution in [0, 0.1) is 23.5 Å². The van der Waals surface area contributed by atoms with Crippen LogP contribution in [0.4, 0.5) is 8.78 Å². The number of likely N-dealkylation sites (tertiary alicyclic amines) is 1. The van der Waals surface area contributed by atoms with Crippen molar-refractivity contribution >= 4 is 33.9 Å². The van der Waals surface area contributed by atoms with Crippen LogP contribution in [0.1, 0.15) is 71.5 Å². The number of nitrogens with zero attached hydrogens (tertiary/aromatic N) is 5. The Morgan fingerprint density at radius 3 is 2.57 bits per heavy atom. The van der Waals surface area contributed by atoms with Gasteiger partial charge in [0, 0.05) is 43.2 Å². The molecule has 1 saturated heterocycles. The number of piperidine rings is 1. The van der Waals surface area contributed by atoms with Crippen molar-refractivity contribution in [3.8, 4) is 17.3 Å². The average Bonchev–Trinajstić information content (AvgIpc) is 3.55. The summed E-state index contributed by atoms with van der Waals surface area (Å²) < 4.78 is 38.6. The number of amides is 2. The molecule has 2 aromatic carbocycles. The maximum Gasteiger partial charge on any atom is 0.257 e. The van der Waals surface area contributed by atoms with Crippen LogP contribution in [0.15, 0.2) is 48.5 Å². The zero-order valence-electron chi connectivity index (χ0n) is 27.7. The van der Waals surface area contributed by atoms with Crippen LogP contribution in [-0.4, -0.2) is 61.6 Å². The highest BCUT2D eigenvalue weighted by Crippen LogP contribution is 2.40. The standard InChI is InChI=1S/C37H39F2N7O3/c1-19(41-36(47)32-25(38)5-4-6-26(32)39)28-12-10-22-15-30(46(34(22)42-28)17-20-7-8-20)35-43-29-14-23(16-31(49-3)33(29)44(35)2)37(48)45-18-27(40)21-9-11-24(45)13-21/h4-6,10,12,14-16,19-21,24,27H,7-9,11,13,17-18,40H2,1-3H3,(H,41,47)/t19-,21-,24+,27+/m1/s1. The summed E-state index contributed by atoms with van der Waals surface area (Å²) in [5.41, 5.74) is 9.92. The molecule has 5 aromatic rings. The third kappa shape index (κ3) is 5.42. The van der Waals surface area contributed by atoms with E-state index >= 15 is 0 Å². The van der Waals surface area contributed by atoms with Crippen molar-refractivity contribution in [3.63, 3.8) is 0 Å². The van der Waals surface area contributed by atoms with E-state index in [-0.39, 0.29) is 18.0 Å². The molecule has 0 spiro atoms. The van der Waals surface area contributed by atoms with Crippen molar-refractivity contribution in [2.75, 3.05) is 13.7 Å². The van der Waals surface area contributed by atoms with Gasteiger partial charge in [0.25, 0.3) is 11.8 Å². The molecule has 3 aromatic heterocycles. The summed E-state index contributed by atoms with van der Waals surface area (Å²) in [4.78, 5) is 38.7. The van der Waals surface area contributed by atoms with Gasteiger partial charge in [0.1, 0.15) is 34.1 Å². The molecule has 2 bridgehead atoms. The van der Waals surface area contributed by atoms with Gasteiger partial charge in [-0.1, -0.05) is 6.07 Å². The number of fused-ring (bicyclic) bond motifs is 4. The summed E-state index contributed by atoms with van der Waals surface area (Å²) in [6, 6.07) is 12.4. The van der Waals surface area contributed by atoms with E-state index in [1.54, 1.807) is 20.1 Å². The highest BCUT2D eigenvalue weighted by Gasteiger charge is 2.41. The first-order valence-corrected chi connectivity index (χ1v) is 17.0. The third-order valence-electron chi connectivity index (χ3n) is 10.7. The van der Waals surface area contributed by atoms with Crippen LogP contribution in [0.2, 0.25) is 0 Å². The molecule has 2 aliphatic carbocycles. The maximum absolute atomic E-state index is 14.3. The van der Waals surface area contributed by atoms with Crippen molar-refractivity contribution in [3.05, 3.63) is 77.0 Å². The molecule has 3 fully saturated rings. The number of nitrogens with one attached hydrogen (secondary N) is 1. The molecular weight excluding hydrogens is 628 g/mol. The van der Waals surface area contributed by atoms with Crippen molar-refractivity contribution in [1.82, 2.24) is 29.3 Å². The van der Waals surface area contributed by atoms with Crippen LogP contribution < -0.4 is 15.8 Å². The Morgan fingerprint density at radius 1 is 1.06 bits per heavy atom. The monoisotopic (exact) mass is 667 g/mol. The Kier molecular flexibility index (Phi) is 7.66. The van der Waals surface area contributed by atoms with Crippen LogP contribution in [0.25, 0.3) is 33.6 Å². The topological polar surface area (TPSA) is 120 Å². The molecule has 1 aliphatic heterocycles. The summed E-state index contributed by atoms with van der Waals surface area (Å²) in [5.74, 6) is -0.485. The SMILES string of the molecule is COc1cc(C(=O)N2C[C@H](N)[C@@H]3CC[C@H]2C3)cc2nc(-c3cc4ccc([C@@H](C)NC(=O)c5c(F)cccc5F)nc4n3CC3CC3)n(C)c12. The third-order valence-corrected chi connectivity index (χ3v) is 10.7. The van der Waals surface area contributed by atoms with Crippen LogP contribution in [0.3, 0.4) is 0 Å². The summed E-state index contributed by atoms with van der Waals surface area (Å²) in [5, 5.41) is 3.59. The van der Waals surface area contributed by atoms with E-state index in [0.29, 0.717) is 46.7 Å². The molecule has 3 aliphatic rings. The molecule has 0 radical (unpaired) electrons. The van der Waals surface area contributed by atoms with E-state index in [4.69, 9.17) is 20.4 Å². The molecule has 4 atom stereocenters. The number of methoxy groups -OCH3 is 1. The van der Waals surface area contributed by atoms with Crippen molar-refractivity contribution in [2.45, 2.75) is 63.7 Å². The smallest absolute Gasteiger partial charge is 0.257 e. The highest BCUT2D eigenvalue weighted by molar-refractivity contribution is 6.00. The van der Waals surface area contributed by atoms with Gasteiger partial charge < -0.3 is 29.8 Å². The number of carbonyl (C=O) groups is 2. The van der Waals surface area contributed by atoms with Gasteiger partial charge in [-0.15, -0.1) is 0 Å². The van der Waals surface area contributed by atoms with Gasteiger partial charge in [-0.25, -0.2) is 18.7 Å². The molecule has 254 valence electrons. The van der Waals surface area contributed by atoms with E-state index in [2.05, 4.69) is 16.0 Å². The van der Waals surface area contributed by atoms with E-state index < -0.39 is 29.1 Å². The first-order valence-electron chi connectivity index (χ1n) is 17.0. The lowest BCUT2D eigenvalue weighted by Crippen LogP contribution is -2.51. The fourth-order valence-electron chi connectivity index (χ4n) is 7.79. The number of pyridine rings is 1. The summed E-state index contributed by atoms with van der Waals surface area (Å²) in [6.45, 7) is 3.03. The number of nitrogens with two attached hydrogens (primary N) is 1. The van der Waals surface area contributed by atoms with Gasteiger partial charge in [0.2, 0.25) is 0 Å². The lowest BCUT2D eigenvalue weighted by atomic mass is 9.94. The summed E-state index contributed by atoms with van der Waals surface area (Å²) in [6.07, 6.45) is 5.23. The van der Waals surface area contributed by atoms with Crippen LogP contribution in [0.5, 0.6) is 5.75 Å². The minimum absolute atomic E-state index is 0.00796. The number of imidazole rings is 1. The number of benzene rings is 2. The zero-order chi connectivity index (χ0) is 34.1. The van der Waals surface area contributed by atoms with Crippen LogP contribution in [-0.2, 0) is 13.6 Å². The largest absolute Gasteiger partial charge is 0.494 e. The molecule has 2 amide bonds. The first-order chi connectivity index (χ1) is 23.6. The average molecular weight is 668 g/mol. The fraction of sp³-hybridized carbons (Fsp3) is 0.405. The molecule has 10 nitrogen and oxygen atoms in total. The molecule has 12 heteroatoms. The Hall–Kier alpha value is -4.84. The van der Waals surface area contributed by atoms with Gasteiger partial charge in [0.15, 0.2) is 5.82 Å². The van der Waals surface area contributed by atoms with Crippen molar-refractivity contribution in [1.29, 1.82) is 0 Å². The second-order valence-corrected chi connectivity index (χ2v) is 13.9. The molecule has 2 saturated carbocycles. The van der Waals surface area contributed by atoms with Crippen LogP contribution >= 0.6 is 0 Å². The predicted molar refractivity (Wildman–Crippen MR) is 181 cm³/mol. The van der Waals surface area contributed by atoms with Crippen molar-refractivity contribution < 1.29 is 23.1 Å². The molecular formula is C37H39F2N7O3. The molecule has 4 heterocycles. The van der Waals surface area contributed by atoms with E-state index in [1.807, 2.05) is 34.7 Å². The number of hydrogen-bond acceptors (Lipinski definition) is 6. The predicted octanol–water partition coefficient (Wildman–Crippen LogP) is 5.73. The van der Waals surface area contributed by atoms with Gasteiger partial charge in [0.05, 0.1) is 30.1 Å². The molecule has 8 rings (SSSR count). The highest BCUT2D eigenvalue weighted by atomic mass is 19.1. The first kappa shape index (κ1) is 31.4. The number of aromatic nitrogens is 4. The number of carbonyl (C=O) groups excluding carboxylic acids is 2. The van der Waals surface area contributed by atoms with E-state index in [0.717, 1.165) is 73.0 Å². The number of aryl methyl sites for hydroxylation is 1. The van der Waals surface area contributed by atoms with E-state index in [9.17, 15) is 18.4 Å². The molecule has 0 unspecified atom stereocenters. The quantitative estimate of drug-likeness (QED) is 0.218. The number of rotatable bonds is 8. The van der Waals surface area contributed by atoms with Gasteiger partial charge in [-0.2, -0.15) is 0 Å². The Morgan fingerprint density at radius 2 is 1.84 bits per heavy atom. The lowest BCUT2D eigenvalue weighted by molar-refractivity contribution is 0.0603. The Bertz CT molecular complexity index is 2120. The summed E-state index contributed by atoms with van der Waals surface area (Å²) in [7, 11) is 3.54. The maximum atomic E-state index is 14.3. The second kappa shape index (κ2) is 11.9. The number of halogens is 2. The Labute approximate surface area is 282 Å². The lowest BCUT2D eigenvalue weighted by Gasteiger charge is -2.37. The van der Waals surface area contributed by atoms with Crippen molar-refractivity contribution in [2.24, 2.45) is 24.6 Å². The number of hydrogen-bond donors (Lipinski definition) is 2.